The van der Waals surface area contributed by atoms with Gasteiger partial charge in [0.15, 0.2) is 0 Å². The molecule has 0 radical (unpaired) electrons. The average molecular weight is 283 g/mol. The summed E-state index contributed by atoms with van der Waals surface area (Å²) in [5.41, 5.74) is 2.79. The maximum absolute atomic E-state index is 11.9. The number of benzene rings is 2. The Labute approximate surface area is 125 Å². The van der Waals surface area contributed by atoms with Crippen LogP contribution in [0, 0.1) is 0 Å². The van der Waals surface area contributed by atoms with Crippen LogP contribution in [-0.4, -0.2) is 11.0 Å². The van der Waals surface area contributed by atoms with Crippen molar-refractivity contribution < 1.29 is 9.90 Å². The zero-order valence-electron chi connectivity index (χ0n) is 12.3. The fourth-order valence-corrected chi connectivity index (χ4v) is 2.20. The number of aryl methyl sites for hydroxylation is 1. The molecule has 2 aromatic carbocycles. The van der Waals surface area contributed by atoms with Crippen LogP contribution in [0.2, 0.25) is 0 Å². The van der Waals surface area contributed by atoms with Crippen LogP contribution in [0.25, 0.3) is 0 Å². The number of rotatable bonds is 6. The molecule has 0 bridgehead atoms. The number of carbonyl (C=O) groups is 1. The van der Waals surface area contributed by atoms with Crippen molar-refractivity contribution in [3.05, 3.63) is 65.7 Å². The smallest absolute Gasteiger partial charge is 0.224 e. The highest BCUT2D eigenvalue weighted by atomic mass is 16.3. The van der Waals surface area contributed by atoms with E-state index in [9.17, 15) is 9.90 Å². The van der Waals surface area contributed by atoms with Crippen molar-refractivity contribution in [2.45, 2.75) is 32.3 Å². The van der Waals surface area contributed by atoms with E-state index in [1.54, 1.807) is 13.0 Å². The van der Waals surface area contributed by atoms with E-state index in [0.717, 1.165) is 24.1 Å². The van der Waals surface area contributed by atoms with Crippen molar-refractivity contribution in [3.63, 3.8) is 0 Å². The quantitative estimate of drug-likeness (QED) is 0.849. The van der Waals surface area contributed by atoms with Crippen LogP contribution in [0.3, 0.4) is 0 Å². The first-order valence-electron chi connectivity index (χ1n) is 7.27. The van der Waals surface area contributed by atoms with Crippen molar-refractivity contribution >= 4 is 11.6 Å². The summed E-state index contributed by atoms with van der Waals surface area (Å²) in [6.45, 7) is 1.71. The number of anilines is 1. The Balaban J connectivity index is 1.80. The third-order valence-corrected chi connectivity index (χ3v) is 3.36. The zero-order valence-corrected chi connectivity index (χ0v) is 12.3. The predicted molar refractivity (Wildman–Crippen MR) is 85.1 cm³/mol. The number of aliphatic hydroxyl groups is 1. The molecule has 3 nitrogen and oxygen atoms in total. The number of hydrogen-bond acceptors (Lipinski definition) is 2. The highest BCUT2D eigenvalue weighted by molar-refractivity contribution is 5.90. The summed E-state index contributed by atoms with van der Waals surface area (Å²) in [5, 5.41) is 12.4. The van der Waals surface area contributed by atoms with Crippen molar-refractivity contribution in [2.24, 2.45) is 0 Å². The van der Waals surface area contributed by atoms with Gasteiger partial charge in [-0.1, -0.05) is 42.5 Å². The highest BCUT2D eigenvalue weighted by Crippen LogP contribution is 2.17. The molecule has 0 fully saturated rings. The first-order chi connectivity index (χ1) is 10.1. The second-order valence-electron chi connectivity index (χ2n) is 5.19. The van der Waals surface area contributed by atoms with Gasteiger partial charge in [0.05, 0.1) is 6.10 Å². The van der Waals surface area contributed by atoms with Gasteiger partial charge in [-0.3, -0.25) is 4.79 Å². The van der Waals surface area contributed by atoms with Crippen molar-refractivity contribution in [3.8, 4) is 0 Å². The molecule has 110 valence electrons. The molecule has 0 aliphatic heterocycles. The van der Waals surface area contributed by atoms with Gasteiger partial charge in [0.2, 0.25) is 5.91 Å². The Kier molecular flexibility index (Phi) is 5.52. The van der Waals surface area contributed by atoms with Crippen LogP contribution in [-0.2, 0) is 11.2 Å². The first-order valence-corrected chi connectivity index (χ1v) is 7.27. The Morgan fingerprint density at radius 2 is 1.90 bits per heavy atom. The van der Waals surface area contributed by atoms with Gasteiger partial charge in [-0.15, -0.1) is 0 Å². The summed E-state index contributed by atoms with van der Waals surface area (Å²) in [5.74, 6) is 0.00803. The van der Waals surface area contributed by atoms with Crippen LogP contribution < -0.4 is 5.32 Å². The van der Waals surface area contributed by atoms with Crippen LogP contribution in [0.15, 0.2) is 54.6 Å². The van der Waals surface area contributed by atoms with E-state index in [0.29, 0.717) is 6.42 Å². The van der Waals surface area contributed by atoms with E-state index in [1.165, 1.54) is 5.56 Å². The van der Waals surface area contributed by atoms with Gasteiger partial charge < -0.3 is 10.4 Å². The molecule has 0 aliphatic carbocycles. The second kappa shape index (κ2) is 7.60. The minimum Gasteiger partial charge on any atom is -0.389 e. The third-order valence-electron chi connectivity index (χ3n) is 3.36. The minimum atomic E-state index is -0.528. The first kappa shape index (κ1) is 15.3. The lowest BCUT2D eigenvalue weighted by Crippen LogP contribution is -2.11. The van der Waals surface area contributed by atoms with Crippen LogP contribution >= 0.6 is 0 Å². The average Bonchev–Trinajstić information content (AvgIpc) is 2.48. The molecule has 3 heteroatoms. The van der Waals surface area contributed by atoms with E-state index >= 15 is 0 Å². The molecule has 2 rings (SSSR count). The fourth-order valence-electron chi connectivity index (χ4n) is 2.20. The largest absolute Gasteiger partial charge is 0.389 e. The molecule has 21 heavy (non-hydrogen) atoms. The molecule has 0 aromatic heterocycles. The monoisotopic (exact) mass is 283 g/mol. The van der Waals surface area contributed by atoms with E-state index in [4.69, 9.17) is 0 Å². The topological polar surface area (TPSA) is 49.3 Å². The summed E-state index contributed by atoms with van der Waals surface area (Å²) >= 11 is 0. The molecule has 0 saturated carbocycles. The molecule has 0 spiro atoms. The van der Waals surface area contributed by atoms with Crippen LogP contribution in [0.1, 0.15) is 37.0 Å². The third kappa shape index (κ3) is 5.04. The second-order valence-corrected chi connectivity index (χ2v) is 5.19. The standard InChI is InChI=1S/C18H21NO2/c1-14(20)16-10-6-11-17(13-16)19-18(21)12-5-9-15-7-3-2-4-8-15/h2-4,6-8,10-11,13-14,20H,5,9,12H2,1H3,(H,19,21)/t14-/m1/s1. The summed E-state index contributed by atoms with van der Waals surface area (Å²) in [6, 6.07) is 17.5. The normalized spacial score (nSPS) is 11.9. The molecule has 1 atom stereocenters. The molecule has 0 saturated heterocycles. The lowest BCUT2D eigenvalue weighted by atomic mass is 10.1. The number of aliphatic hydroxyl groups excluding tert-OH is 1. The predicted octanol–water partition coefficient (Wildman–Crippen LogP) is 3.70. The molecular weight excluding hydrogens is 262 g/mol. The van der Waals surface area contributed by atoms with Gasteiger partial charge >= 0.3 is 0 Å². The lowest BCUT2D eigenvalue weighted by Gasteiger charge is -2.09. The van der Waals surface area contributed by atoms with E-state index < -0.39 is 6.10 Å². The lowest BCUT2D eigenvalue weighted by molar-refractivity contribution is -0.116. The molecule has 0 aliphatic rings. The molecule has 0 unspecified atom stereocenters. The Hall–Kier alpha value is -2.13. The number of carbonyl (C=O) groups excluding carboxylic acids is 1. The Morgan fingerprint density at radius 3 is 2.62 bits per heavy atom. The van der Waals surface area contributed by atoms with Gasteiger partial charge in [-0.2, -0.15) is 0 Å². The van der Waals surface area contributed by atoms with E-state index in [2.05, 4.69) is 17.4 Å². The zero-order chi connectivity index (χ0) is 15.1. The van der Waals surface area contributed by atoms with Gasteiger partial charge in [0, 0.05) is 12.1 Å². The van der Waals surface area contributed by atoms with Gasteiger partial charge in [-0.25, -0.2) is 0 Å². The van der Waals surface area contributed by atoms with Crippen LogP contribution in [0.4, 0.5) is 5.69 Å². The van der Waals surface area contributed by atoms with Crippen molar-refractivity contribution in [1.82, 2.24) is 0 Å². The summed E-state index contributed by atoms with van der Waals surface area (Å²) in [6.07, 6.45) is 1.70. The van der Waals surface area contributed by atoms with Gasteiger partial charge in [0.1, 0.15) is 0 Å². The van der Waals surface area contributed by atoms with Gasteiger partial charge in [-0.05, 0) is 43.0 Å². The summed E-state index contributed by atoms with van der Waals surface area (Å²) in [7, 11) is 0. The number of amides is 1. The van der Waals surface area contributed by atoms with Gasteiger partial charge in [0.25, 0.3) is 0 Å². The Bertz CT molecular complexity index is 579. The molecule has 0 heterocycles. The summed E-state index contributed by atoms with van der Waals surface area (Å²) < 4.78 is 0. The molecule has 1 amide bonds. The summed E-state index contributed by atoms with van der Waals surface area (Å²) in [4.78, 5) is 11.9. The number of hydrogen-bond donors (Lipinski definition) is 2. The molecule has 2 aromatic rings. The molecular formula is C18H21NO2. The SMILES string of the molecule is C[C@@H](O)c1cccc(NC(=O)CCCc2ccccc2)c1. The number of nitrogens with one attached hydrogen (secondary N) is 1. The van der Waals surface area contributed by atoms with Crippen molar-refractivity contribution in [2.75, 3.05) is 5.32 Å². The maximum atomic E-state index is 11.9. The molecule has 2 N–H and O–H groups in total. The van der Waals surface area contributed by atoms with E-state index in [1.807, 2.05) is 36.4 Å². The van der Waals surface area contributed by atoms with E-state index in [-0.39, 0.29) is 5.91 Å². The highest BCUT2D eigenvalue weighted by Gasteiger charge is 2.05. The van der Waals surface area contributed by atoms with Crippen molar-refractivity contribution in [1.29, 1.82) is 0 Å². The maximum Gasteiger partial charge on any atom is 0.224 e. The minimum absolute atomic E-state index is 0.00803. The Morgan fingerprint density at radius 1 is 1.14 bits per heavy atom. The fraction of sp³-hybridized carbons (Fsp3) is 0.278. The van der Waals surface area contributed by atoms with Crippen LogP contribution in [0.5, 0.6) is 0 Å².